The van der Waals surface area contributed by atoms with Crippen LogP contribution in [0.25, 0.3) is 0 Å². The molecule has 0 unspecified atom stereocenters. The summed E-state index contributed by atoms with van der Waals surface area (Å²) in [5.74, 6) is 0. The van der Waals surface area contributed by atoms with Gasteiger partial charge in [-0.2, -0.15) is 5.10 Å². The van der Waals surface area contributed by atoms with Crippen LogP contribution in [0.4, 0.5) is 5.69 Å². The number of anilines is 1. The zero-order valence-electron chi connectivity index (χ0n) is 12.4. The second-order valence-corrected chi connectivity index (χ2v) is 5.38. The number of aryl methyl sites for hydroxylation is 2. The number of hydrogen-bond donors (Lipinski definition) is 1. The number of nitrogens with one attached hydrogen (secondary N) is 1. The van der Waals surface area contributed by atoms with Crippen molar-refractivity contribution in [2.45, 2.75) is 33.2 Å². The molecule has 1 heterocycles. The molecule has 0 radical (unpaired) electrons. The monoisotopic (exact) mass is 305 g/mol. The fourth-order valence-corrected chi connectivity index (χ4v) is 2.39. The third-order valence-corrected chi connectivity index (χ3v) is 3.76. The maximum Gasteiger partial charge on any atom is 0.287 e. The van der Waals surface area contributed by atoms with Crippen molar-refractivity contribution >= 4 is 17.3 Å². The molecule has 0 saturated heterocycles. The van der Waals surface area contributed by atoms with E-state index in [9.17, 15) is 4.79 Å². The highest BCUT2D eigenvalue weighted by atomic mass is 35.5. The van der Waals surface area contributed by atoms with Crippen LogP contribution in [0.15, 0.2) is 35.3 Å². The lowest BCUT2D eigenvalue weighted by atomic mass is 10.1. The maximum atomic E-state index is 12.0. The molecular formula is C16H20ClN3O. The lowest BCUT2D eigenvalue weighted by Crippen LogP contribution is -2.24. The van der Waals surface area contributed by atoms with Gasteiger partial charge in [0, 0.05) is 13.1 Å². The first-order valence-corrected chi connectivity index (χ1v) is 7.55. The van der Waals surface area contributed by atoms with Crippen molar-refractivity contribution < 1.29 is 0 Å². The van der Waals surface area contributed by atoms with Crippen LogP contribution in [0.2, 0.25) is 5.02 Å². The maximum absolute atomic E-state index is 12.0. The molecule has 2 aromatic rings. The average molecular weight is 306 g/mol. The van der Waals surface area contributed by atoms with E-state index in [1.54, 1.807) is 6.20 Å². The van der Waals surface area contributed by atoms with Gasteiger partial charge in [0.25, 0.3) is 5.56 Å². The lowest BCUT2D eigenvalue weighted by molar-refractivity contribution is 0.568. The molecule has 0 atom stereocenters. The minimum absolute atomic E-state index is 0.211. The molecule has 0 amide bonds. The largest absolute Gasteiger partial charge is 0.382 e. The van der Waals surface area contributed by atoms with Crippen molar-refractivity contribution in [2.24, 2.45) is 0 Å². The van der Waals surface area contributed by atoms with Crippen molar-refractivity contribution in [3.05, 3.63) is 57.0 Å². The summed E-state index contributed by atoms with van der Waals surface area (Å²) in [6.07, 6.45) is 3.35. The Bertz CT molecular complexity index is 667. The van der Waals surface area contributed by atoms with Crippen LogP contribution in [-0.2, 0) is 13.0 Å². The van der Waals surface area contributed by atoms with Gasteiger partial charge in [0.15, 0.2) is 0 Å². The van der Waals surface area contributed by atoms with E-state index in [2.05, 4.69) is 29.5 Å². The predicted octanol–water partition coefficient (Wildman–Crippen LogP) is 3.27. The van der Waals surface area contributed by atoms with Crippen LogP contribution in [-0.4, -0.2) is 16.3 Å². The van der Waals surface area contributed by atoms with E-state index in [0.717, 1.165) is 12.8 Å². The molecule has 0 fully saturated rings. The van der Waals surface area contributed by atoms with E-state index in [-0.39, 0.29) is 10.6 Å². The first-order chi connectivity index (χ1) is 10.1. The SMILES string of the molecule is CCCn1ncc(NCCc2ccccc2C)c(Cl)c1=O. The second-order valence-electron chi connectivity index (χ2n) is 5.00. The van der Waals surface area contributed by atoms with Crippen LogP contribution in [0.3, 0.4) is 0 Å². The first-order valence-electron chi connectivity index (χ1n) is 7.17. The second kappa shape index (κ2) is 7.27. The van der Waals surface area contributed by atoms with Gasteiger partial charge < -0.3 is 5.32 Å². The Morgan fingerprint density at radius 2 is 2.10 bits per heavy atom. The Morgan fingerprint density at radius 1 is 1.33 bits per heavy atom. The van der Waals surface area contributed by atoms with Gasteiger partial charge in [-0.3, -0.25) is 4.79 Å². The average Bonchev–Trinajstić information content (AvgIpc) is 2.48. The summed E-state index contributed by atoms with van der Waals surface area (Å²) in [5, 5.41) is 7.53. The number of benzene rings is 1. The number of aromatic nitrogens is 2. The smallest absolute Gasteiger partial charge is 0.287 e. The number of nitrogens with zero attached hydrogens (tertiary/aromatic N) is 2. The zero-order valence-corrected chi connectivity index (χ0v) is 13.2. The summed E-state index contributed by atoms with van der Waals surface area (Å²) < 4.78 is 1.40. The topological polar surface area (TPSA) is 46.9 Å². The van der Waals surface area contributed by atoms with Crippen molar-refractivity contribution in [3.8, 4) is 0 Å². The van der Waals surface area contributed by atoms with Crippen molar-refractivity contribution in [1.29, 1.82) is 0 Å². The van der Waals surface area contributed by atoms with Crippen LogP contribution >= 0.6 is 11.6 Å². The predicted molar refractivity (Wildman–Crippen MR) is 87.2 cm³/mol. The molecule has 0 aliphatic heterocycles. The van der Waals surface area contributed by atoms with Crippen molar-refractivity contribution in [1.82, 2.24) is 9.78 Å². The molecule has 0 spiro atoms. The molecule has 112 valence electrons. The fraction of sp³-hybridized carbons (Fsp3) is 0.375. The number of halogens is 1. The summed E-state index contributed by atoms with van der Waals surface area (Å²) in [6, 6.07) is 8.26. The minimum Gasteiger partial charge on any atom is -0.382 e. The molecule has 2 rings (SSSR count). The van der Waals surface area contributed by atoms with Gasteiger partial charge in [-0.25, -0.2) is 4.68 Å². The molecule has 5 heteroatoms. The van der Waals surface area contributed by atoms with Gasteiger partial charge in [0.05, 0.1) is 11.9 Å². The molecule has 0 aliphatic carbocycles. The Labute approximate surface area is 129 Å². The fourth-order valence-electron chi connectivity index (χ4n) is 2.18. The first kappa shape index (κ1) is 15.6. The molecule has 21 heavy (non-hydrogen) atoms. The summed E-state index contributed by atoms with van der Waals surface area (Å²) in [6.45, 7) is 5.39. The van der Waals surface area contributed by atoms with Gasteiger partial charge in [-0.15, -0.1) is 0 Å². The molecule has 1 aromatic carbocycles. The highest BCUT2D eigenvalue weighted by Crippen LogP contribution is 2.16. The van der Waals surface area contributed by atoms with E-state index in [1.807, 2.05) is 19.1 Å². The van der Waals surface area contributed by atoms with Gasteiger partial charge in [-0.1, -0.05) is 42.8 Å². The summed E-state index contributed by atoms with van der Waals surface area (Å²) in [7, 11) is 0. The van der Waals surface area contributed by atoms with E-state index in [4.69, 9.17) is 11.6 Å². The van der Waals surface area contributed by atoms with Gasteiger partial charge in [-0.05, 0) is 30.9 Å². The van der Waals surface area contributed by atoms with E-state index >= 15 is 0 Å². The van der Waals surface area contributed by atoms with Crippen LogP contribution in [0.5, 0.6) is 0 Å². The van der Waals surface area contributed by atoms with E-state index in [0.29, 0.717) is 18.8 Å². The standard InChI is InChI=1S/C16H20ClN3O/c1-3-10-20-16(21)15(17)14(11-19-20)18-9-8-13-7-5-4-6-12(13)2/h4-7,11,18H,3,8-10H2,1-2H3. The normalized spacial score (nSPS) is 10.6. The van der Waals surface area contributed by atoms with Crippen molar-refractivity contribution in [2.75, 3.05) is 11.9 Å². The third kappa shape index (κ3) is 3.85. The summed E-state index contributed by atoms with van der Waals surface area (Å²) in [5.41, 5.74) is 2.91. The van der Waals surface area contributed by atoms with Crippen molar-refractivity contribution in [3.63, 3.8) is 0 Å². The Hall–Kier alpha value is -1.81. The molecule has 1 N–H and O–H groups in total. The summed E-state index contributed by atoms with van der Waals surface area (Å²) >= 11 is 6.11. The summed E-state index contributed by atoms with van der Waals surface area (Å²) in [4.78, 5) is 12.0. The Kier molecular flexibility index (Phi) is 5.39. The van der Waals surface area contributed by atoms with Crippen LogP contribution < -0.4 is 10.9 Å². The molecule has 4 nitrogen and oxygen atoms in total. The number of hydrogen-bond acceptors (Lipinski definition) is 3. The Balaban J connectivity index is 2.03. The zero-order chi connectivity index (χ0) is 15.2. The van der Waals surface area contributed by atoms with Crippen LogP contribution in [0, 0.1) is 6.92 Å². The van der Waals surface area contributed by atoms with Gasteiger partial charge >= 0.3 is 0 Å². The molecular weight excluding hydrogens is 286 g/mol. The molecule has 0 aliphatic rings. The highest BCUT2D eigenvalue weighted by molar-refractivity contribution is 6.32. The minimum atomic E-state index is -0.237. The molecule has 0 saturated carbocycles. The number of rotatable bonds is 6. The Morgan fingerprint density at radius 3 is 2.81 bits per heavy atom. The lowest BCUT2D eigenvalue weighted by Gasteiger charge is -2.10. The molecule has 0 bridgehead atoms. The van der Waals surface area contributed by atoms with Gasteiger partial charge in [0.2, 0.25) is 0 Å². The highest BCUT2D eigenvalue weighted by Gasteiger charge is 2.08. The van der Waals surface area contributed by atoms with Gasteiger partial charge in [0.1, 0.15) is 5.02 Å². The van der Waals surface area contributed by atoms with E-state index in [1.165, 1.54) is 15.8 Å². The van der Waals surface area contributed by atoms with Crippen LogP contribution in [0.1, 0.15) is 24.5 Å². The third-order valence-electron chi connectivity index (χ3n) is 3.39. The van der Waals surface area contributed by atoms with E-state index < -0.39 is 0 Å². The quantitative estimate of drug-likeness (QED) is 0.891. The molecule has 1 aromatic heterocycles.